The van der Waals surface area contributed by atoms with Crippen molar-refractivity contribution in [3.8, 4) is 5.75 Å². The largest absolute Gasteiger partial charge is 0.494 e. The highest BCUT2D eigenvalue weighted by Crippen LogP contribution is 2.16. The molecule has 0 atom stereocenters. The van der Waals surface area contributed by atoms with Crippen molar-refractivity contribution in [2.24, 2.45) is 0 Å². The quantitative estimate of drug-likeness (QED) is 0.714. The Hall–Kier alpha value is -2.33. The van der Waals surface area contributed by atoms with Crippen molar-refractivity contribution in [2.45, 2.75) is 39.2 Å². The molecule has 0 bridgehead atoms. The maximum Gasteiger partial charge on any atom is 0.238 e. The second-order valence-electron chi connectivity index (χ2n) is 7.11. The molecule has 1 amide bonds. The Labute approximate surface area is 150 Å². The molecule has 2 aromatic carbocycles. The lowest BCUT2D eigenvalue weighted by molar-refractivity contribution is -0.115. The fraction of sp³-hybridized carbons (Fsp3) is 0.381. The highest BCUT2D eigenvalue weighted by atomic mass is 16.5. The van der Waals surface area contributed by atoms with Crippen molar-refractivity contribution in [3.63, 3.8) is 0 Å². The summed E-state index contributed by atoms with van der Waals surface area (Å²) in [4.78, 5) is 11.9. The first-order chi connectivity index (χ1) is 11.9. The van der Waals surface area contributed by atoms with Gasteiger partial charge in [0.1, 0.15) is 5.75 Å². The molecule has 4 nitrogen and oxygen atoms in total. The van der Waals surface area contributed by atoms with Gasteiger partial charge in [0.05, 0.1) is 13.2 Å². The van der Waals surface area contributed by atoms with E-state index in [2.05, 4.69) is 34.9 Å². The van der Waals surface area contributed by atoms with Gasteiger partial charge in [-0.1, -0.05) is 30.3 Å². The first-order valence-electron chi connectivity index (χ1n) is 8.74. The molecule has 2 rings (SSSR count). The minimum Gasteiger partial charge on any atom is -0.494 e. The van der Waals surface area contributed by atoms with Crippen LogP contribution in [0.25, 0.3) is 0 Å². The standard InChI is InChI=1S/C21H28N2O2/c1-21(2,3)22-16-20(24)23-18-11-13-19(14-12-18)25-15-7-10-17-8-5-4-6-9-17/h4-6,8-9,11-14,22H,7,10,15-16H2,1-3H3,(H,23,24). The van der Waals surface area contributed by atoms with Crippen molar-refractivity contribution in [3.05, 3.63) is 60.2 Å². The third-order valence-electron chi connectivity index (χ3n) is 3.64. The number of hydrogen-bond donors (Lipinski definition) is 2. The van der Waals surface area contributed by atoms with Gasteiger partial charge in [-0.3, -0.25) is 4.79 Å². The van der Waals surface area contributed by atoms with Crippen LogP contribution in [0.4, 0.5) is 5.69 Å². The van der Waals surface area contributed by atoms with Crippen LogP contribution in [0.3, 0.4) is 0 Å². The van der Waals surface area contributed by atoms with Gasteiger partial charge in [0.25, 0.3) is 0 Å². The Balaban J connectivity index is 1.69. The highest BCUT2D eigenvalue weighted by Gasteiger charge is 2.11. The molecule has 134 valence electrons. The molecule has 0 aromatic heterocycles. The van der Waals surface area contributed by atoms with E-state index in [-0.39, 0.29) is 11.4 Å². The van der Waals surface area contributed by atoms with E-state index in [1.54, 1.807) is 0 Å². The van der Waals surface area contributed by atoms with Crippen LogP contribution in [0.15, 0.2) is 54.6 Å². The summed E-state index contributed by atoms with van der Waals surface area (Å²) >= 11 is 0. The van der Waals surface area contributed by atoms with Gasteiger partial charge < -0.3 is 15.4 Å². The van der Waals surface area contributed by atoms with Gasteiger partial charge in [-0.05, 0) is 63.4 Å². The van der Waals surface area contributed by atoms with E-state index in [9.17, 15) is 4.79 Å². The Morgan fingerprint density at radius 1 is 1.00 bits per heavy atom. The van der Waals surface area contributed by atoms with Crippen LogP contribution >= 0.6 is 0 Å². The van der Waals surface area contributed by atoms with Crippen LogP contribution in [0.1, 0.15) is 32.8 Å². The molecule has 0 unspecified atom stereocenters. The van der Waals surface area contributed by atoms with Gasteiger partial charge in [0.15, 0.2) is 0 Å². The Bertz CT molecular complexity index is 646. The van der Waals surface area contributed by atoms with Crippen LogP contribution < -0.4 is 15.4 Å². The molecule has 0 aliphatic heterocycles. The van der Waals surface area contributed by atoms with Crippen molar-refractivity contribution in [2.75, 3.05) is 18.5 Å². The SMILES string of the molecule is CC(C)(C)NCC(=O)Nc1ccc(OCCCc2ccccc2)cc1. The van der Waals surface area contributed by atoms with E-state index in [0.29, 0.717) is 13.2 Å². The molecule has 0 aliphatic rings. The van der Waals surface area contributed by atoms with Gasteiger partial charge in [-0.2, -0.15) is 0 Å². The summed E-state index contributed by atoms with van der Waals surface area (Å²) < 4.78 is 5.75. The second kappa shape index (κ2) is 9.23. The number of rotatable bonds is 8. The molecule has 4 heteroatoms. The molecule has 0 fully saturated rings. The molecule has 2 N–H and O–H groups in total. The van der Waals surface area contributed by atoms with Crippen LogP contribution in [-0.4, -0.2) is 24.6 Å². The zero-order chi connectivity index (χ0) is 18.1. The topological polar surface area (TPSA) is 50.4 Å². The van der Waals surface area contributed by atoms with E-state index in [0.717, 1.165) is 24.3 Å². The molecular formula is C21H28N2O2. The molecule has 25 heavy (non-hydrogen) atoms. The van der Waals surface area contributed by atoms with E-state index < -0.39 is 0 Å². The Morgan fingerprint density at radius 3 is 2.32 bits per heavy atom. The molecule has 0 heterocycles. The lowest BCUT2D eigenvalue weighted by Gasteiger charge is -2.20. The van der Waals surface area contributed by atoms with Crippen molar-refractivity contribution < 1.29 is 9.53 Å². The van der Waals surface area contributed by atoms with Crippen molar-refractivity contribution >= 4 is 11.6 Å². The van der Waals surface area contributed by atoms with Crippen molar-refractivity contribution in [1.82, 2.24) is 5.32 Å². The number of carbonyl (C=O) groups excluding carboxylic acids is 1. The van der Waals surface area contributed by atoms with E-state index in [1.165, 1.54) is 5.56 Å². The normalized spacial score (nSPS) is 11.2. The minimum atomic E-state index is -0.0746. The number of amides is 1. The molecule has 0 spiro atoms. The number of benzene rings is 2. The number of carbonyl (C=O) groups is 1. The van der Waals surface area contributed by atoms with Gasteiger partial charge in [-0.15, -0.1) is 0 Å². The molecule has 2 aromatic rings. The summed E-state index contributed by atoms with van der Waals surface area (Å²) in [6.45, 7) is 7.07. The number of ether oxygens (including phenoxy) is 1. The van der Waals surface area contributed by atoms with Crippen LogP contribution in [-0.2, 0) is 11.2 Å². The van der Waals surface area contributed by atoms with Gasteiger partial charge in [-0.25, -0.2) is 0 Å². The summed E-state index contributed by atoms with van der Waals surface area (Å²) in [6, 6.07) is 17.9. The summed E-state index contributed by atoms with van der Waals surface area (Å²) in [6.07, 6.45) is 1.98. The van der Waals surface area contributed by atoms with Crippen LogP contribution in [0.2, 0.25) is 0 Å². The first kappa shape index (κ1) is 19.0. The summed E-state index contributed by atoms with van der Waals surface area (Å²) in [5, 5.41) is 6.04. The zero-order valence-corrected chi connectivity index (χ0v) is 15.3. The van der Waals surface area contributed by atoms with E-state index >= 15 is 0 Å². The Morgan fingerprint density at radius 2 is 1.68 bits per heavy atom. The van der Waals surface area contributed by atoms with Gasteiger partial charge in [0, 0.05) is 11.2 Å². The first-order valence-corrected chi connectivity index (χ1v) is 8.74. The predicted octanol–water partition coefficient (Wildman–Crippen LogP) is 4.02. The molecular weight excluding hydrogens is 312 g/mol. The lowest BCUT2D eigenvalue weighted by atomic mass is 10.1. The third-order valence-corrected chi connectivity index (χ3v) is 3.64. The van der Waals surface area contributed by atoms with Crippen LogP contribution in [0, 0.1) is 0 Å². The molecule has 0 saturated heterocycles. The monoisotopic (exact) mass is 340 g/mol. The fourth-order valence-electron chi connectivity index (χ4n) is 2.30. The van der Waals surface area contributed by atoms with Crippen molar-refractivity contribution in [1.29, 1.82) is 0 Å². The van der Waals surface area contributed by atoms with Gasteiger partial charge in [0.2, 0.25) is 5.91 Å². The van der Waals surface area contributed by atoms with E-state index in [1.807, 2.05) is 51.1 Å². The van der Waals surface area contributed by atoms with Crippen LogP contribution in [0.5, 0.6) is 5.75 Å². The molecule has 0 saturated carbocycles. The molecule has 0 radical (unpaired) electrons. The zero-order valence-electron chi connectivity index (χ0n) is 15.3. The minimum absolute atomic E-state index is 0.0496. The maximum atomic E-state index is 11.9. The smallest absolute Gasteiger partial charge is 0.238 e. The lowest BCUT2D eigenvalue weighted by Crippen LogP contribution is -2.41. The summed E-state index contributed by atoms with van der Waals surface area (Å²) in [7, 11) is 0. The fourth-order valence-corrected chi connectivity index (χ4v) is 2.30. The van der Waals surface area contributed by atoms with E-state index in [4.69, 9.17) is 4.74 Å². The number of anilines is 1. The maximum absolute atomic E-state index is 11.9. The number of aryl methyl sites for hydroxylation is 1. The number of nitrogens with one attached hydrogen (secondary N) is 2. The summed E-state index contributed by atoms with van der Waals surface area (Å²) in [5.74, 6) is 0.769. The number of hydrogen-bond acceptors (Lipinski definition) is 3. The molecule has 0 aliphatic carbocycles. The average molecular weight is 340 g/mol. The Kier molecular flexibility index (Phi) is 7.02. The predicted molar refractivity (Wildman–Crippen MR) is 103 cm³/mol. The third kappa shape index (κ3) is 7.86. The highest BCUT2D eigenvalue weighted by molar-refractivity contribution is 5.92. The second-order valence-corrected chi connectivity index (χ2v) is 7.11. The van der Waals surface area contributed by atoms with Gasteiger partial charge >= 0.3 is 0 Å². The summed E-state index contributed by atoms with van der Waals surface area (Å²) in [5.41, 5.74) is 2.03. The average Bonchev–Trinajstić information content (AvgIpc) is 2.59.